The third-order valence-corrected chi connectivity index (χ3v) is 4.92. The van der Waals surface area contributed by atoms with Crippen molar-refractivity contribution in [3.63, 3.8) is 0 Å². The molecule has 0 bridgehead atoms. The number of thiophene rings is 1. The predicted octanol–water partition coefficient (Wildman–Crippen LogP) is 4.09. The van der Waals surface area contributed by atoms with Gasteiger partial charge in [0, 0.05) is 28.0 Å². The van der Waals surface area contributed by atoms with E-state index in [0.29, 0.717) is 0 Å². The van der Waals surface area contributed by atoms with Crippen molar-refractivity contribution in [1.82, 2.24) is 15.5 Å². The predicted molar refractivity (Wildman–Crippen MR) is 83.6 cm³/mol. The van der Waals surface area contributed by atoms with Crippen LogP contribution in [-0.4, -0.2) is 10.2 Å². The van der Waals surface area contributed by atoms with Gasteiger partial charge < -0.3 is 9.73 Å². The maximum absolute atomic E-state index is 5.64. The summed E-state index contributed by atoms with van der Waals surface area (Å²) in [4.78, 5) is 1.30. The Kier molecular flexibility index (Phi) is 4.05. The number of rotatable bonds is 5. The Labute approximate surface area is 129 Å². The molecule has 3 heterocycles. The summed E-state index contributed by atoms with van der Waals surface area (Å²) in [5, 5.41) is 12.6. The average molecular weight is 352 g/mol. The molecule has 0 aromatic carbocycles. The Morgan fingerprint density at radius 2 is 2.25 bits per heavy atom. The summed E-state index contributed by atoms with van der Waals surface area (Å²) in [6.45, 7) is 3.52. The molecule has 0 saturated heterocycles. The van der Waals surface area contributed by atoms with Crippen LogP contribution < -0.4 is 5.32 Å². The standard InChI is InChI=1S/C14H14BrN3OS/c1-9-2-3-12(19-9)14-10(7-17-18-14)6-16-8-13-11(15)4-5-20-13/h2-5,7,16H,6,8H2,1H3,(H,17,18). The Bertz CT molecular complexity index is 701. The van der Waals surface area contributed by atoms with Crippen molar-refractivity contribution < 1.29 is 4.42 Å². The molecule has 3 aromatic heterocycles. The number of nitrogens with one attached hydrogen (secondary N) is 2. The van der Waals surface area contributed by atoms with E-state index in [1.165, 1.54) is 4.88 Å². The van der Waals surface area contributed by atoms with Crippen molar-refractivity contribution >= 4 is 27.3 Å². The molecule has 0 aliphatic carbocycles. The third kappa shape index (κ3) is 2.87. The largest absolute Gasteiger partial charge is 0.460 e. The van der Waals surface area contributed by atoms with E-state index in [1.54, 1.807) is 11.3 Å². The fraction of sp³-hybridized carbons (Fsp3) is 0.214. The van der Waals surface area contributed by atoms with Crippen molar-refractivity contribution in [3.8, 4) is 11.5 Å². The topological polar surface area (TPSA) is 53.9 Å². The molecular weight excluding hydrogens is 338 g/mol. The van der Waals surface area contributed by atoms with Gasteiger partial charge in [-0.25, -0.2) is 0 Å². The Balaban J connectivity index is 1.67. The van der Waals surface area contributed by atoms with Gasteiger partial charge >= 0.3 is 0 Å². The first-order chi connectivity index (χ1) is 9.74. The highest BCUT2D eigenvalue weighted by Crippen LogP contribution is 2.24. The molecule has 4 nitrogen and oxygen atoms in total. The molecule has 2 N–H and O–H groups in total. The summed E-state index contributed by atoms with van der Waals surface area (Å²) in [6.07, 6.45) is 1.84. The fourth-order valence-corrected chi connectivity index (χ4v) is 3.45. The van der Waals surface area contributed by atoms with E-state index in [2.05, 4.69) is 42.9 Å². The molecule has 0 spiro atoms. The molecule has 0 fully saturated rings. The van der Waals surface area contributed by atoms with Crippen molar-refractivity contribution in [2.45, 2.75) is 20.0 Å². The second-order valence-corrected chi connectivity index (χ2v) is 6.33. The van der Waals surface area contributed by atoms with Crippen LogP contribution in [0.1, 0.15) is 16.2 Å². The maximum atomic E-state index is 5.64. The first kappa shape index (κ1) is 13.6. The minimum absolute atomic E-state index is 0.746. The van der Waals surface area contributed by atoms with Crippen molar-refractivity contribution in [1.29, 1.82) is 0 Å². The molecule has 6 heteroatoms. The van der Waals surface area contributed by atoms with Crippen LogP contribution in [-0.2, 0) is 13.1 Å². The highest BCUT2D eigenvalue weighted by Gasteiger charge is 2.11. The van der Waals surface area contributed by atoms with Crippen LogP contribution in [0.3, 0.4) is 0 Å². The summed E-state index contributed by atoms with van der Waals surface area (Å²) >= 11 is 5.28. The van der Waals surface area contributed by atoms with E-state index in [4.69, 9.17) is 4.42 Å². The molecule has 20 heavy (non-hydrogen) atoms. The minimum atomic E-state index is 0.746. The van der Waals surface area contributed by atoms with Gasteiger partial charge in [0.15, 0.2) is 5.76 Å². The van der Waals surface area contributed by atoms with E-state index >= 15 is 0 Å². The number of hydrogen-bond donors (Lipinski definition) is 2. The van der Waals surface area contributed by atoms with Gasteiger partial charge in [-0.2, -0.15) is 5.10 Å². The van der Waals surface area contributed by atoms with Crippen LogP contribution in [0.5, 0.6) is 0 Å². The first-order valence-corrected chi connectivity index (χ1v) is 7.93. The fourth-order valence-electron chi connectivity index (χ4n) is 1.99. The van der Waals surface area contributed by atoms with Gasteiger partial charge in [0.25, 0.3) is 0 Å². The Morgan fingerprint density at radius 3 is 2.95 bits per heavy atom. The van der Waals surface area contributed by atoms with Gasteiger partial charge in [0.2, 0.25) is 0 Å². The molecule has 0 atom stereocenters. The third-order valence-electron chi connectivity index (χ3n) is 3.00. The number of hydrogen-bond acceptors (Lipinski definition) is 4. The lowest BCUT2D eigenvalue weighted by molar-refractivity contribution is 0.545. The molecule has 3 aromatic rings. The van der Waals surface area contributed by atoms with Gasteiger partial charge in [-0.3, -0.25) is 5.10 Å². The minimum Gasteiger partial charge on any atom is -0.460 e. The second-order valence-electron chi connectivity index (χ2n) is 4.48. The number of aryl methyl sites for hydroxylation is 1. The summed E-state index contributed by atoms with van der Waals surface area (Å²) in [7, 11) is 0. The van der Waals surface area contributed by atoms with Crippen LogP contribution in [0, 0.1) is 6.92 Å². The number of H-pyrrole nitrogens is 1. The monoisotopic (exact) mass is 351 g/mol. The molecule has 3 rings (SSSR count). The van der Waals surface area contributed by atoms with E-state index in [1.807, 2.05) is 25.3 Å². The van der Waals surface area contributed by atoms with Gasteiger partial charge in [-0.1, -0.05) is 0 Å². The lowest BCUT2D eigenvalue weighted by Crippen LogP contribution is -2.12. The van der Waals surface area contributed by atoms with E-state index in [9.17, 15) is 0 Å². The summed E-state index contributed by atoms with van der Waals surface area (Å²) in [6, 6.07) is 5.98. The van der Waals surface area contributed by atoms with Gasteiger partial charge in [0.1, 0.15) is 11.5 Å². The van der Waals surface area contributed by atoms with Crippen LogP contribution in [0.15, 0.2) is 38.7 Å². The van der Waals surface area contributed by atoms with Crippen LogP contribution in [0.2, 0.25) is 0 Å². The quantitative estimate of drug-likeness (QED) is 0.727. The normalized spacial score (nSPS) is 11.1. The van der Waals surface area contributed by atoms with E-state index < -0.39 is 0 Å². The molecule has 104 valence electrons. The lowest BCUT2D eigenvalue weighted by atomic mass is 10.2. The zero-order valence-electron chi connectivity index (χ0n) is 10.9. The molecule has 0 unspecified atom stereocenters. The number of halogens is 1. The Morgan fingerprint density at radius 1 is 1.35 bits per heavy atom. The smallest absolute Gasteiger partial charge is 0.152 e. The molecule has 0 saturated carbocycles. The SMILES string of the molecule is Cc1ccc(-c2[nH]ncc2CNCc2sccc2Br)o1. The number of nitrogens with zero attached hydrogens (tertiary/aromatic N) is 1. The molecule has 0 amide bonds. The zero-order chi connectivity index (χ0) is 13.9. The summed E-state index contributed by atoms with van der Waals surface area (Å²) in [5.74, 6) is 1.73. The molecule has 0 aliphatic rings. The first-order valence-electron chi connectivity index (χ1n) is 6.25. The Hall–Kier alpha value is -1.37. The number of aromatic nitrogens is 2. The number of furan rings is 1. The van der Waals surface area contributed by atoms with Crippen molar-refractivity contribution in [2.24, 2.45) is 0 Å². The van der Waals surface area contributed by atoms with E-state index in [0.717, 1.165) is 40.3 Å². The molecule has 0 aliphatic heterocycles. The van der Waals surface area contributed by atoms with Crippen LogP contribution in [0.25, 0.3) is 11.5 Å². The number of aromatic amines is 1. The van der Waals surface area contributed by atoms with Crippen LogP contribution >= 0.6 is 27.3 Å². The highest BCUT2D eigenvalue weighted by atomic mass is 79.9. The van der Waals surface area contributed by atoms with Gasteiger partial charge in [0.05, 0.1) is 6.20 Å². The van der Waals surface area contributed by atoms with Crippen molar-refractivity contribution in [3.05, 3.63) is 50.4 Å². The van der Waals surface area contributed by atoms with E-state index in [-0.39, 0.29) is 0 Å². The zero-order valence-corrected chi connectivity index (χ0v) is 13.3. The average Bonchev–Trinajstić information content (AvgIpc) is 3.12. The van der Waals surface area contributed by atoms with Gasteiger partial charge in [-0.15, -0.1) is 11.3 Å². The van der Waals surface area contributed by atoms with Gasteiger partial charge in [-0.05, 0) is 46.4 Å². The maximum Gasteiger partial charge on any atom is 0.152 e. The summed E-state index contributed by atoms with van der Waals surface area (Å²) < 4.78 is 6.79. The summed E-state index contributed by atoms with van der Waals surface area (Å²) in [5.41, 5.74) is 2.04. The molecule has 0 radical (unpaired) electrons. The van der Waals surface area contributed by atoms with Crippen molar-refractivity contribution in [2.75, 3.05) is 0 Å². The lowest BCUT2D eigenvalue weighted by Gasteiger charge is -2.03. The highest BCUT2D eigenvalue weighted by molar-refractivity contribution is 9.10. The van der Waals surface area contributed by atoms with Crippen LogP contribution in [0.4, 0.5) is 0 Å². The molecular formula is C14H14BrN3OS. The second kappa shape index (κ2) is 5.95.